The molecule has 1 aromatic carbocycles. The second-order valence-corrected chi connectivity index (χ2v) is 8.99. The van der Waals surface area contributed by atoms with Crippen LogP contribution in [0.15, 0.2) is 48.4 Å². The van der Waals surface area contributed by atoms with Gasteiger partial charge in [-0.2, -0.15) is 5.10 Å². The topological polar surface area (TPSA) is 87.9 Å². The van der Waals surface area contributed by atoms with Crippen molar-refractivity contribution in [3.63, 3.8) is 0 Å². The number of aromatic nitrogens is 2. The van der Waals surface area contributed by atoms with E-state index >= 15 is 0 Å². The number of ether oxygens (including phenoxy) is 1. The molecule has 0 spiro atoms. The first kappa shape index (κ1) is 21.1. The molecule has 0 bridgehead atoms. The first-order valence-corrected chi connectivity index (χ1v) is 10.5. The summed E-state index contributed by atoms with van der Waals surface area (Å²) in [5.74, 6) is 1.36. The number of rotatable bonds is 6. The van der Waals surface area contributed by atoms with Gasteiger partial charge < -0.3 is 14.7 Å². The molecule has 0 aliphatic carbocycles. The maximum absolute atomic E-state index is 13.2. The van der Waals surface area contributed by atoms with Gasteiger partial charge in [0.2, 0.25) is 0 Å². The maximum atomic E-state index is 13.2. The lowest BCUT2D eigenvalue weighted by molar-refractivity contribution is -0.133. The third-order valence-electron chi connectivity index (χ3n) is 5.46. The largest absolute Gasteiger partial charge is 0.460 e. The summed E-state index contributed by atoms with van der Waals surface area (Å²) < 4.78 is 7.50. The fourth-order valence-electron chi connectivity index (χ4n) is 4.14. The van der Waals surface area contributed by atoms with Gasteiger partial charge in [-0.1, -0.05) is 12.1 Å². The highest BCUT2D eigenvalue weighted by Gasteiger charge is 2.45. The van der Waals surface area contributed by atoms with E-state index in [0.717, 1.165) is 5.56 Å². The highest BCUT2D eigenvalue weighted by Crippen LogP contribution is 2.31. The number of aliphatic hydroxyl groups is 1. The van der Waals surface area contributed by atoms with Gasteiger partial charge in [-0.15, -0.1) is 0 Å². The van der Waals surface area contributed by atoms with Crippen molar-refractivity contribution in [3.8, 4) is 5.75 Å². The van der Waals surface area contributed by atoms with Crippen LogP contribution in [-0.2, 0) is 16.1 Å². The predicted octanol–water partition coefficient (Wildman–Crippen LogP) is 2.26. The zero-order valence-electron chi connectivity index (χ0n) is 18.3. The molecule has 164 valence electrons. The van der Waals surface area contributed by atoms with E-state index in [-0.39, 0.29) is 24.4 Å². The summed E-state index contributed by atoms with van der Waals surface area (Å²) in [6.07, 6.45) is 3.73. The number of hydrogen-bond acceptors (Lipinski definition) is 5. The minimum absolute atomic E-state index is 0.0995. The van der Waals surface area contributed by atoms with Gasteiger partial charge in [0, 0.05) is 24.4 Å². The number of benzene rings is 1. The van der Waals surface area contributed by atoms with Crippen LogP contribution < -0.4 is 9.64 Å². The average Bonchev–Trinajstić information content (AvgIpc) is 3.32. The predicted molar refractivity (Wildman–Crippen MR) is 115 cm³/mol. The molecule has 2 aliphatic rings. The molecule has 4 rings (SSSR count). The van der Waals surface area contributed by atoms with Gasteiger partial charge in [0.25, 0.3) is 11.8 Å². The van der Waals surface area contributed by atoms with Gasteiger partial charge in [-0.3, -0.25) is 19.2 Å². The summed E-state index contributed by atoms with van der Waals surface area (Å²) in [6, 6.07) is 8.73. The number of carbonyl (C=O) groups excluding carboxylic acids is 2. The third-order valence-corrected chi connectivity index (χ3v) is 5.46. The standard InChI is InChI=1S/C23H28N4O4/c1-15-6-5-7-17(10-15)31-18-12-21(28)26(13-18)19-11-16(2)27(22(19)29)20-8-9-25(24-20)14-23(3,4)30/h5-10,12,16,19,30H,11,13-14H2,1-4H3/t16?,19-/m0/s1. The minimum Gasteiger partial charge on any atom is -0.460 e. The quantitative estimate of drug-likeness (QED) is 0.769. The van der Waals surface area contributed by atoms with Crippen LogP contribution in [0, 0.1) is 6.92 Å². The van der Waals surface area contributed by atoms with Crippen molar-refractivity contribution in [1.29, 1.82) is 0 Å². The van der Waals surface area contributed by atoms with Crippen LogP contribution in [0.25, 0.3) is 0 Å². The molecule has 2 aliphatic heterocycles. The fourth-order valence-corrected chi connectivity index (χ4v) is 4.14. The lowest BCUT2D eigenvalue weighted by Crippen LogP contribution is -2.43. The summed E-state index contributed by atoms with van der Waals surface area (Å²) in [7, 11) is 0. The van der Waals surface area contributed by atoms with Crippen molar-refractivity contribution in [2.45, 2.75) is 58.3 Å². The van der Waals surface area contributed by atoms with E-state index in [1.165, 1.54) is 6.08 Å². The van der Waals surface area contributed by atoms with E-state index in [0.29, 0.717) is 30.3 Å². The summed E-state index contributed by atoms with van der Waals surface area (Å²) in [5.41, 5.74) is 0.159. The van der Waals surface area contributed by atoms with Crippen LogP contribution in [0.5, 0.6) is 5.75 Å². The molecule has 3 heterocycles. The lowest BCUT2D eigenvalue weighted by Gasteiger charge is -2.23. The smallest absolute Gasteiger partial charge is 0.251 e. The molecule has 31 heavy (non-hydrogen) atoms. The van der Waals surface area contributed by atoms with Crippen LogP contribution in [0.1, 0.15) is 32.8 Å². The molecule has 0 saturated carbocycles. The zero-order chi connectivity index (χ0) is 22.3. The first-order valence-electron chi connectivity index (χ1n) is 10.5. The van der Waals surface area contributed by atoms with Crippen LogP contribution >= 0.6 is 0 Å². The monoisotopic (exact) mass is 424 g/mol. The number of hydrogen-bond donors (Lipinski definition) is 1. The van der Waals surface area contributed by atoms with Crippen LogP contribution in [0.3, 0.4) is 0 Å². The van der Waals surface area contributed by atoms with Crippen molar-refractivity contribution in [1.82, 2.24) is 14.7 Å². The number of aryl methyl sites for hydroxylation is 1. The van der Waals surface area contributed by atoms with E-state index in [4.69, 9.17) is 4.74 Å². The van der Waals surface area contributed by atoms with Gasteiger partial charge in [0.05, 0.1) is 18.7 Å². The fraction of sp³-hybridized carbons (Fsp3) is 0.435. The molecule has 8 heteroatoms. The maximum Gasteiger partial charge on any atom is 0.251 e. The summed E-state index contributed by atoms with van der Waals surface area (Å²) in [5, 5.41) is 14.5. The molecule has 1 fully saturated rings. The third kappa shape index (κ3) is 4.49. The van der Waals surface area contributed by atoms with Gasteiger partial charge in [-0.25, -0.2) is 0 Å². The van der Waals surface area contributed by atoms with E-state index in [1.54, 1.807) is 40.6 Å². The molecule has 8 nitrogen and oxygen atoms in total. The Kier molecular flexibility index (Phi) is 5.35. The Bertz CT molecular complexity index is 1040. The number of carbonyl (C=O) groups is 2. The Hall–Kier alpha value is -3.13. The second kappa shape index (κ2) is 7.85. The Morgan fingerprint density at radius 1 is 1.26 bits per heavy atom. The molecular weight excluding hydrogens is 396 g/mol. The molecular formula is C23H28N4O4. The van der Waals surface area contributed by atoms with E-state index < -0.39 is 11.6 Å². The second-order valence-electron chi connectivity index (χ2n) is 8.99. The molecule has 1 unspecified atom stereocenters. The highest BCUT2D eigenvalue weighted by molar-refractivity contribution is 6.03. The van der Waals surface area contributed by atoms with Gasteiger partial charge in [-0.05, 0) is 51.8 Å². The summed E-state index contributed by atoms with van der Waals surface area (Å²) in [4.78, 5) is 29.1. The number of amides is 2. The zero-order valence-corrected chi connectivity index (χ0v) is 18.3. The molecule has 2 atom stereocenters. The van der Waals surface area contributed by atoms with Crippen molar-refractivity contribution >= 4 is 17.6 Å². The average molecular weight is 425 g/mol. The molecule has 1 saturated heterocycles. The summed E-state index contributed by atoms with van der Waals surface area (Å²) >= 11 is 0. The Morgan fingerprint density at radius 3 is 2.74 bits per heavy atom. The van der Waals surface area contributed by atoms with E-state index in [1.807, 2.05) is 38.1 Å². The van der Waals surface area contributed by atoms with Crippen LogP contribution in [-0.4, -0.2) is 55.8 Å². The molecule has 2 amide bonds. The molecule has 0 radical (unpaired) electrons. The van der Waals surface area contributed by atoms with Gasteiger partial charge in [0.1, 0.15) is 17.6 Å². The van der Waals surface area contributed by atoms with Crippen molar-refractivity contribution in [2.24, 2.45) is 0 Å². The van der Waals surface area contributed by atoms with Crippen molar-refractivity contribution in [2.75, 3.05) is 11.4 Å². The molecule has 1 N–H and O–H groups in total. The van der Waals surface area contributed by atoms with Crippen molar-refractivity contribution in [3.05, 3.63) is 53.9 Å². The molecule has 2 aromatic rings. The number of nitrogens with zero attached hydrogens (tertiary/aromatic N) is 4. The Balaban J connectivity index is 1.45. The van der Waals surface area contributed by atoms with Gasteiger partial charge >= 0.3 is 0 Å². The van der Waals surface area contributed by atoms with E-state index in [9.17, 15) is 14.7 Å². The normalized spacial score (nSPS) is 21.8. The van der Waals surface area contributed by atoms with Crippen LogP contribution in [0.4, 0.5) is 5.82 Å². The van der Waals surface area contributed by atoms with E-state index in [2.05, 4.69) is 5.10 Å². The van der Waals surface area contributed by atoms with Gasteiger partial charge in [0.15, 0.2) is 5.82 Å². The van der Waals surface area contributed by atoms with Crippen LogP contribution in [0.2, 0.25) is 0 Å². The highest BCUT2D eigenvalue weighted by atomic mass is 16.5. The van der Waals surface area contributed by atoms with Crippen molar-refractivity contribution < 1.29 is 19.4 Å². The molecule has 1 aromatic heterocycles. The minimum atomic E-state index is -0.909. The SMILES string of the molecule is Cc1cccc(OC2=CC(=O)N([C@H]3CC(C)N(c4ccn(CC(C)(C)O)n4)C3=O)C2)c1. The number of anilines is 1. The Morgan fingerprint density at radius 2 is 2.03 bits per heavy atom. The Labute approximate surface area is 181 Å². The summed E-state index contributed by atoms with van der Waals surface area (Å²) in [6.45, 7) is 7.92. The lowest BCUT2D eigenvalue weighted by atomic mass is 10.1. The first-order chi connectivity index (χ1) is 14.6.